The molecule has 3 nitrogen and oxygen atoms in total. The van der Waals surface area contributed by atoms with Crippen LogP contribution in [0.25, 0.3) is 0 Å². The molecule has 1 aromatic heterocycles. The summed E-state index contributed by atoms with van der Waals surface area (Å²) >= 11 is 0. The third-order valence-corrected chi connectivity index (χ3v) is 2.89. The van der Waals surface area contributed by atoms with E-state index in [0.29, 0.717) is 17.3 Å². The van der Waals surface area contributed by atoms with Crippen LogP contribution in [0.4, 0.5) is 5.82 Å². The second kappa shape index (κ2) is 3.67. The molecule has 1 aliphatic carbocycles. The molecule has 0 bridgehead atoms. The highest BCUT2D eigenvalue weighted by Crippen LogP contribution is 2.34. The summed E-state index contributed by atoms with van der Waals surface area (Å²) in [5, 5.41) is 8.82. The molecule has 72 valence electrons. The zero-order chi connectivity index (χ0) is 9.97. The zero-order valence-corrected chi connectivity index (χ0v) is 8.03. The second-order valence-corrected chi connectivity index (χ2v) is 3.79. The quantitative estimate of drug-likeness (QED) is 0.733. The summed E-state index contributed by atoms with van der Waals surface area (Å²) in [4.78, 5) is 4.05. The van der Waals surface area contributed by atoms with E-state index in [1.54, 1.807) is 0 Å². The van der Waals surface area contributed by atoms with Crippen molar-refractivity contribution in [3.63, 3.8) is 0 Å². The lowest BCUT2D eigenvalue weighted by atomic mass is 9.98. The number of nitrogens with zero attached hydrogens (tertiary/aromatic N) is 2. The number of nitriles is 1. The standard InChI is InChI=1S/C11H13N3/c12-6-9-5-10(7-14-11(9)13)8-3-1-2-4-8/h5,7-8H,1-4H2,(H2,13,14). The minimum Gasteiger partial charge on any atom is -0.383 e. The average Bonchev–Trinajstić information content (AvgIpc) is 2.71. The molecular weight excluding hydrogens is 174 g/mol. The van der Waals surface area contributed by atoms with Crippen molar-refractivity contribution >= 4 is 5.82 Å². The minimum atomic E-state index is 0.342. The molecule has 1 fully saturated rings. The first-order valence-corrected chi connectivity index (χ1v) is 4.97. The van der Waals surface area contributed by atoms with Crippen molar-refractivity contribution in [1.82, 2.24) is 4.98 Å². The van der Waals surface area contributed by atoms with E-state index in [2.05, 4.69) is 11.1 Å². The summed E-state index contributed by atoms with van der Waals surface area (Å²) in [6.45, 7) is 0. The van der Waals surface area contributed by atoms with E-state index >= 15 is 0 Å². The first-order valence-electron chi connectivity index (χ1n) is 4.97. The molecule has 2 rings (SSSR count). The van der Waals surface area contributed by atoms with Gasteiger partial charge in [0.15, 0.2) is 0 Å². The molecule has 0 spiro atoms. The number of aromatic nitrogens is 1. The summed E-state index contributed by atoms with van der Waals surface area (Å²) < 4.78 is 0. The van der Waals surface area contributed by atoms with Crippen molar-refractivity contribution in [3.05, 3.63) is 23.4 Å². The van der Waals surface area contributed by atoms with Gasteiger partial charge in [0.2, 0.25) is 0 Å². The molecule has 1 aromatic rings. The first kappa shape index (κ1) is 9.01. The van der Waals surface area contributed by atoms with Gasteiger partial charge in [0, 0.05) is 6.20 Å². The van der Waals surface area contributed by atoms with Gasteiger partial charge >= 0.3 is 0 Å². The molecule has 14 heavy (non-hydrogen) atoms. The number of nitrogen functional groups attached to an aromatic ring is 1. The number of rotatable bonds is 1. The van der Waals surface area contributed by atoms with Crippen LogP contribution in [0.5, 0.6) is 0 Å². The molecule has 1 heterocycles. The summed E-state index contributed by atoms with van der Waals surface area (Å²) in [7, 11) is 0. The zero-order valence-electron chi connectivity index (χ0n) is 8.03. The van der Waals surface area contributed by atoms with Crippen molar-refractivity contribution < 1.29 is 0 Å². The van der Waals surface area contributed by atoms with Gasteiger partial charge in [-0.05, 0) is 30.4 Å². The van der Waals surface area contributed by atoms with E-state index in [9.17, 15) is 0 Å². The van der Waals surface area contributed by atoms with Gasteiger partial charge in [0.1, 0.15) is 11.9 Å². The van der Waals surface area contributed by atoms with Crippen LogP contribution in [-0.2, 0) is 0 Å². The molecule has 0 radical (unpaired) electrons. The predicted molar refractivity (Wildman–Crippen MR) is 54.6 cm³/mol. The molecule has 2 N–H and O–H groups in total. The fourth-order valence-electron chi connectivity index (χ4n) is 2.06. The highest BCUT2D eigenvalue weighted by atomic mass is 14.8. The summed E-state index contributed by atoms with van der Waals surface area (Å²) in [5.41, 5.74) is 7.25. The monoisotopic (exact) mass is 187 g/mol. The van der Waals surface area contributed by atoms with Crippen LogP contribution >= 0.6 is 0 Å². The molecule has 0 aliphatic heterocycles. The van der Waals surface area contributed by atoms with E-state index in [-0.39, 0.29) is 0 Å². The van der Waals surface area contributed by atoms with E-state index in [0.717, 1.165) is 0 Å². The van der Waals surface area contributed by atoms with Gasteiger partial charge in [-0.15, -0.1) is 0 Å². The number of hydrogen-bond acceptors (Lipinski definition) is 3. The van der Waals surface area contributed by atoms with Gasteiger partial charge in [-0.25, -0.2) is 4.98 Å². The maximum absolute atomic E-state index is 8.82. The van der Waals surface area contributed by atoms with Gasteiger partial charge in [-0.2, -0.15) is 5.26 Å². The van der Waals surface area contributed by atoms with Crippen LogP contribution in [0.2, 0.25) is 0 Å². The lowest BCUT2D eigenvalue weighted by molar-refractivity contribution is 0.719. The van der Waals surface area contributed by atoms with E-state index in [1.165, 1.54) is 31.2 Å². The molecule has 0 atom stereocenters. The topological polar surface area (TPSA) is 62.7 Å². The molecular formula is C11H13N3. The van der Waals surface area contributed by atoms with Crippen molar-refractivity contribution in [3.8, 4) is 6.07 Å². The second-order valence-electron chi connectivity index (χ2n) is 3.79. The Morgan fingerprint density at radius 1 is 1.43 bits per heavy atom. The van der Waals surface area contributed by atoms with Gasteiger partial charge in [-0.1, -0.05) is 12.8 Å². The van der Waals surface area contributed by atoms with E-state index < -0.39 is 0 Å². The smallest absolute Gasteiger partial charge is 0.141 e. The Bertz CT molecular complexity index is 373. The highest BCUT2D eigenvalue weighted by Gasteiger charge is 2.18. The molecule has 1 aliphatic rings. The molecule has 0 amide bonds. The Morgan fingerprint density at radius 3 is 2.79 bits per heavy atom. The van der Waals surface area contributed by atoms with Crippen molar-refractivity contribution in [2.45, 2.75) is 31.6 Å². The van der Waals surface area contributed by atoms with Crippen LogP contribution in [0.3, 0.4) is 0 Å². The first-order chi connectivity index (χ1) is 6.81. The number of pyridine rings is 1. The van der Waals surface area contributed by atoms with Crippen LogP contribution in [0, 0.1) is 11.3 Å². The normalized spacial score (nSPS) is 16.8. The molecule has 3 heteroatoms. The van der Waals surface area contributed by atoms with Gasteiger partial charge < -0.3 is 5.73 Å². The summed E-state index contributed by atoms with van der Waals surface area (Å²) in [6.07, 6.45) is 6.83. The Kier molecular flexibility index (Phi) is 2.36. The van der Waals surface area contributed by atoms with Crippen LogP contribution in [0.15, 0.2) is 12.3 Å². The largest absolute Gasteiger partial charge is 0.383 e. The summed E-state index contributed by atoms with van der Waals surface area (Å²) in [5.74, 6) is 0.935. The maximum atomic E-state index is 8.82. The van der Waals surface area contributed by atoms with Crippen molar-refractivity contribution in [2.24, 2.45) is 0 Å². The van der Waals surface area contributed by atoms with Crippen molar-refractivity contribution in [1.29, 1.82) is 5.26 Å². The van der Waals surface area contributed by atoms with Crippen LogP contribution < -0.4 is 5.73 Å². The molecule has 0 aromatic carbocycles. The van der Waals surface area contributed by atoms with Gasteiger partial charge in [-0.3, -0.25) is 0 Å². The van der Waals surface area contributed by atoms with E-state index in [1.807, 2.05) is 12.3 Å². The van der Waals surface area contributed by atoms with Crippen molar-refractivity contribution in [2.75, 3.05) is 5.73 Å². The van der Waals surface area contributed by atoms with Crippen LogP contribution in [0.1, 0.15) is 42.7 Å². The number of nitrogens with two attached hydrogens (primary N) is 1. The lowest BCUT2D eigenvalue weighted by Crippen LogP contribution is -1.99. The number of hydrogen-bond donors (Lipinski definition) is 1. The predicted octanol–water partition coefficient (Wildman–Crippen LogP) is 2.19. The molecule has 1 saturated carbocycles. The highest BCUT2D eigenvalue weighted by molar-refractivity contribution is 5.49. The molecule has 0 saturated heterocycles. The Morgan fingerprint density at radius 2 is 2.14 bits per heavy atom. The lowest BCUT2D eigenvalue weighted by Gasteiger charge is -2.09. The van der Waals surface area contributed by atoms with E-state index in [4.69, 9.17) is 11.0 Å². The number of anilines is 1. The Balaban J connectivity index is 2.31. The Hall–Kier alpha value is -1.56. The van der Waals surface area contributed by atoms with Gasteiger partial charge in [0.25, 0.3) is 0 Å². The third kappa shape index (κ3) is 1.56. The fraction of sp³-hybridized carbons (Fsp3) is 0.455. The maximum Gasteiger partial charge on any atom is 0.141 e. The SMILES string of the molecule is N#Cc1cc(C2CCCC2)cnc1N. The average molecular weight is 187 g/mol. The minimum absolute atomic E-state index is 0.342. The third-order valence-electron chi connectivity index (χ3n) is 2.89. The van der Waals surface area contributed by atoms with Crippen LogP contribution in [-0.4, -0.2) is 4.98 Å². The Labute approximate surface area is 83.6 Å². The fourth-order valence-corrected chi connectivity index (χ4v) is 2.06. The summed E-state index contributed by atoms with van der Waals surface area (Å²) in [6, 6.07) is 3.96. The van der Waals surface area contributed by atoms with Gasteiger partial charge in [0.05, 0.1) is 5.56 Å². The molecule has 0 unspecified atom stereocenters.